The first kappa shape index (κ1) is 9.86. The molecule has 66 valence electrons. The van der Waals surface area contributed by atoms with E-state index < -0.39 is 0 Å². The van der Waals surface area contributed by atoms with Gasteiger partial charge in [0.25, 0.3) is 0 Å². The van der Waals surface area contributed by atoms with E-state index in [-0.39, 0.29) is 0 Å². The average Bonchev–Trinajstić information content (AvgIpc) is 2.44. The van der Waals surface area contributed by atoms with E-state index >= 15 is 0 Å². The molecule has 0 fully saturated rings. The number of aryl methyl sites for hydroxylation is 1. The van der Waals surface area contributed by atoms with E-state index in [1.165, 1.54) is 4.88 Å². The van der Waals surface area contributed by atoms with Crippen LogP contribution in [0.3, 0.4) is 0 Å². The summed E-state index contributed by atoms with van der Waals surface area (Å²) in [5, 5.41) is 0. The van der Waals surface area contributed by atoms with E-state index in [0.717, 1.165) is 10.4 Å². The van der Waals surface area contributed by atoms with Gasteiger partial charge in [0.05, 0.1) is 11.4 Å². The van der Waals surface area contributed by atoms with E-state index in [9.17, 15) is 0 Å². The topological polar surface area (TPSA) is 26.0 Å². The molecule has 0 spiro atoms. The van der Waals surface area contributed by atoms with Crippen LogP contribution < -0.4 is 5.73 Å². The van der Waals surface area contributed by atoms with Crippen LogP contribution in [0.4, 0.5) is 0 Å². The van der Waals surface area contributed by atoms with Crippen LogP contribution in [-0.2, 0) is 0 Å². The third-order valence-corrected chi connectivity index (χ3v) is 2.46. The molecule has 0 amide bonds. The van der Waals surface area contributed by atoms with Gasteiger partial charge in [0.1, 0.15) is 0 Å². The number of hydrogen-bond acceptors (Lipinski definition) is 2. The first-order chi connectivity index (χ1) is 6.27. The molecule has 1 heterocycles. The van der Waals surface area contributed by atoms with E-state index in [2.05, 4.69) is 23.7 Å². The molecule has 1 aromatic rings. The lowest BCUT2D eigenvalue weighted by Crippen LogP contribution is -1.92. The highest BCUT2D eigenvalue weighted by Gasteiger charge is 1.99. The Balaban J connectivity index is 3.00. The third kappa shape index (κ3) is 2.63. The van der Waals surface area contributed by atoms with E-state index in [4.69, 9.17) is 5.73 Å². The van der Waals surface area contributed by atoms with Gasteiger partial charge in [-0.3, -0.25) is 0 Å². The van der Waals surface area contributed by atoms with E-state index in [0.29, 0.717) is 6.54 Å². The summed E-state index contributed by atoms with van der Waals surface area (Å²) in [4.78, 5) is 2.28. The molecule has 1 rings (SSSR count). The molecule has 0 aliphatic carbocycles. The van der Waals surface area contributed by atoms with Crippen LogP contribution >= 0.6 is 11.3 Å². The fraction of sp³-hybridized carbons (Fsp3) is 0.273. The second kappa shape index (κ2) is 4.72. The van der Waals surface area contributed by atoms with Crippen molar-refractivity contribution in [2.24, 2.45) is 5.73 Å². The maximum absolute atomic E-state index is 5.29. The molecular formula is C11H11NS. The molecule has 1 aromatic heterocycles. The summed E-state index contributed by atoms with van der Waals surface area (Å²) in [6, 6.07) is 2.01. The van der Waals surface area contributed by atoms with Crippen LogP contribution in [0.5, 0.6) is 0 Å². The average molecular weight is 189 g/mol. The highest BCUT2D eigenvalue weighted by Crippen LogP contribution is 2.19. The van der Waals surface area contributed by atoms with Crippen molar-refractivity contribution in [3.05, 3.63) is 21.4 Å². The Morgan fingerprint density at radius 2 is 2.23 bits per heavy atom. The Hall–Kier alpha value is -1.22. The first-order valence-electron chi connectivity index (χ1n) is 4.00. The zero-order valence-electron chi connectivity index (χ0n) is 7.77. The molecular weight excluding hydrogens is 178 g/mol. The van der Waals surface area contributed by atoms with Gasteiger partial charge in [0, 0.05) is 10.4 Å². The monoisotopic (exact) mass is 189 g/mol. The summed E-state index contributed by atoms with van der Waals surface area (Å²) in [5.41, 5.74) is 6.34. The van der Waals surface area contributed by atoms with Crippen molar-refractivity contribution in [3.8, 4) is 23.7 Å². The molecule has 0 saturated heterocycles. The van der Waals surface area contributed by atoms with Gasteiger partial charge in [-0.1, -0.05) is 17.8 Å². The molecule has 0 atom stereocenters. The first-order valence-corrected chi connectivity index (χ1v) is 4.81. The van der Waals surface area contributed by atoms with Crippen molar-refractivity contribution >= 4 is 11.3 Å². The summed E-state index contributed by atoms with van der Waals surface area (Å²) in [5.74, 6) is 11.7. The van der Waals surface area contributed by atoms with E-state index in [1.807, 2.05) is 19.9 Å². The number of rotatable bonds is 0. The lowest BCUT2D eigenvalue weighted by atomic mass is 10.2. The van der Waals surface area contributed by atoms with Crippen LogP contribution in [0.25, 0.3) is 0 Å². The lowest BCUT2D eigenvalue weighted by Gasteiger charge is -1.81. The highest BCUT2D eigenvalue weighted by atomic mass is 32.1. The molecule has 0 bridgehead atoms. The molecule has 2 heteroatoms. The molecule has 0 saturated carbocycles. The smallest absolute Gasteiger partial charge is 0.0783 e. The summed E-state index contributed by atoms with van der Waals surface area (Å²) in [6.45, 7) is 4.29. The molecule has 13 heavy (non-hydrogen) atoms. The fourth-order valence-corrected chi connectivity index (χ4v) is 1.82. The Morgan fingerprint density at radius 3 is 2.85 bits per heavy atom. The van der Waals surface area contributed by atoms with Gasteiger partial charge in [-0.15, -0.1) is 17.3 Å². The van der Waals surface area contributed by atoms with Gasteiger partial charge in [-0.2, -0.15) is 0 Å². The van der Waals surface area contributed by atoms with Crippen molar-refractivity contribution in [2.75, 3.05) is 6.54 Å². The van der Waals surface area contributed by atoms with Gasteiger partial charge >= 0.3 is 0 Å². The van der Waals surface area contributed by atoms with Crippen LogP contribution in [0.1, 0.15) is 22.2 Å². The summed E-state index contributed by atoms with van der Waals surface area (Å²) in [7, 11) is 0. The standard InChI is InChI=1S/C11H11NS/c1-3-5-11-8-10(6-4-7-12)9(2)13-11/h8H,7,12H2,1-2H3. The predicted molar refractivity (Wildman–Crippen MR) is 57.5 cm³/mol. The normalized spacial score (nSPS) is 8.23. The minimum absolute atomic E-state index is 0.407. The summed E-state index contributed by atoms with van der Waals surface area (Å²) >= 11 is 1.67. The van der Waals surface area contributed by atoms with Crippen molar-refractivity contribution < 1.29 is 0 Å². The summed E-state index contributed by atoms with van der Waals surface area (Å²) in [6.07, 6.45) is 0. The second-order valence-corrected chi connectivity index (χ2v) is 3.72. The molecule has 0 aliphatic rings. The number of nitrogens with two attached hydrogens (primary N) is 1. The van der Waals surface area contributed by atoms with Gasteiger partial charge in [-0.05, 0) is 19.9 Å². The lowest BCUT2D eigenvalue weighted by molar-refractivity contribution is 1.30. The Kier molecular flexibility index (Phi) is 3.58. The number of thiophene rings is 1. The van der Waals surface area contributed by atoms with Gasteiger partial charge in [-0.25, -0.2) is 0 Å². The quantitative estimate of drug-likeness (QED) is 0.618. The zero-order valence-corrected chi connectivity index (χ0v) is 8.59. The molecule has 0 unspecified atom stereocenters. The minimum atomic E-state index is 0.407. The maximum atomic E-state index is 5.29. The molecule has 0 radical (unpaired) electrons. The maximum Gasteiger partial charge on any atom is 0.0783 e. The molecule has 0 aromatic carbocycles. The van der Waals surface area contributed by atoms with Crippen molar-refractivity contribution in [1.82, 2.24) is 0 Å². The molecule has 0 aliphatic heterocycles. The Labute approximate surface area is 83.0 Å². The van der Waals surface area contributed by atoms with Crippen molar-refractivity contribution in [2.45, 2.75) is 13.8 Å². The Bertz CT molecular complexity index is 407. The van der Waals surface area contributed by atoms with Crippen molar-refractivity contribution in [3.63, 3.8) is 0 Å². The zero-order chi connectivity index (χ0) is 9.68. The van der Waals surface area contributed by atoms with Gasteiger partial charge in [0.15, 0.2) is 0 Å². The van der Waals surface area contributed by atoms with Crippen molar-refractivity contribution in [1.29, 1.82) is 0 Å². The summed E-state index contributed by atoms with van der Waals surface area (Å²) < 4.78 is 0. The van der Waals surface area contributed by atoms with Gasteiger partial charge in [0.2, 0.25) is 0 Å². The van der Waals surface area contributed by atoms with Gasteiger partial charge < -0.3 is 5.73 Å². The third-order valence-electron chi connectivity index (χ3n) is 1.49. The van der Waals surface area contributed by atoms with Crippen LogP contribution in [0.15, 0.2) is 6.07 Å². The minimum Gasteiger partial charge on any atom is -0.320 e. The predicted octanol–water partition coefficient (Wildman–Crippen LogP) is 1.74. The Morgan fingerprint density at radius 1 is 1.46 bits per heavy atom. The SMILES string of the molecule is CC#Cc1cc(C#CCN)c(C)s1. The highest BCUT2D eigenvalue weighted by molar-refractivity contribution is 7.12. The second-order valence-electron chi connectivity index (χ2n) is 2.46. The van der Waals surface area contributed by atoms with Crippen LogP contribution in [0.2, 0.25) is 0 Å². The number of hydrogen-bond donors (Lipinski definition) is 1. The largest absolute Gasteiger partial charge is 0.320 e. The molecule has 2 N–H and O–H groups in total. The van der Waals surface area contributed by atoms with E-state index in [1.54, 1.807) is 11.3 Å². The fourth-order valence-electron chi connectivity index (χ4n) is 0.937. The van der Waals surface area contributed by atoms with Crippen LogP contribution in [-0.4, -0.2) is 6.54 Å². The van der Waals surface area contributed by atoms with Crippen LogP contribution in [0, 0.1) is 30.6 Å². The molecule has 1 nitrogen and oxygen atoms in total.